The lowest BCUT2D eigenvalue weighted by Crippen LogP contribution is -2.35. The summed E-state index contributed by atoms with van der Waals surface area (Å²) >= 11 is 0. The highest BCUT2D eigenvalue weighted by molar-refractivity contribution is 5.94. The highest BCUT2D eigenvalue weighted by Crippen LogP contribution is 2.15. The summed E-state index contributed by atoms with van der Waals surface area (Å²) in [6.07, 6.45) is 2.44. The van der Waals surface area contributed by atoms with Crippen LogP contribution in [0.3, 0.4) is 0 Å². The van der Waals surface area contributed by atoms with Gasteiger partial charge in [-0.1, -0.05) is 18.2 Å². The van der Waals surface area contributed by atoms with Crippen molar-refractivity contribution in [2.75, 3.05) is 26.2 Å². The smallest absolute Gasteiger partial charge is 0.253 e. The minimum Gasteiger partial charge on any atom is -0.337 e. The molecule has 146 valence electrons. The molecule has 0 saturated carbocycles. The van der Waals surface area contributed by atoms with Crippen molar-refractivity contribution in [3.05, 3.63) is 71.5 Å². The van der Waals surface area contributed by atoms with Gasteiger partial charge < -0.3 is 4.90 Å². The molecule has 0 N–H and O–H groups in total. The molecule has 1 fully saturated rings. The predicted molar refractivity (Wildman–Crippen MR) is 106 cm³/mol. The fourth-order valence-electron chi connectivity index (χ4n) is 3.52. The summed E-state index contributed by atoms with van der Waals surface area (Å²) in [7, 11) is 0. The molecule has 2 aromatic carbocycles. The molecule has 8 nitrogen and oxygen atoms in total. The monoisotopic (exact) mass is 387 g/mol. The quantitative estimate of drug-likeness (QED) is 0.679. The third kappa shape index (κ3) is 4.47. The van der Waals surface area contributed by atoms with Crippen LogP contribution >= 0.6 is 0 Å². The number of aromatic nitrogens is 4. The number of hydrogen-bond donors (Lipinski definition) is 0. The molecule has 0 bridgehead atoms. The second kappa shape index (κ2) is 8.63. The number of tetrazole rings is 1. The van der Waals surface area contributed by atoms with Crippen molar-refractivity contribution in [1.29, 1.82) is 5.26 Å². The van der Waals surface area contributed by atoms with Gasteiger partial charge in [0.15, 0.2) is 0 Å². The van der Waals surface area contributed by atoms with E-state index in [1.165, 1.54) is 11.9 Å². The molecule has 1 aliphatic rings. The predicted octanol–water partition coefficient (Wildman–Crippen LogP) is 1.88. The van der Waals surface area contributed by atoms with Crippen LogP contribution in [-0.4, -0.2) is 62.1 Å². The van der Waals surface area contributed by atoms with E-state index in [2.05, 4.69) is 26.5 Å². The lowest BCUT2D eigenvalue weighted by Gasteiger charge is -2.22. The van der Waals surface area contributed by atoms with Crippen molar-refractivity contribution in [1.82, 2.24) is 30.0 Å². The average molecular weight is 387 g/mol. The summed E-state index contributed by atoms with van der Waals surface area (Å²) < 4.78 is 1.54. The van der Waals surface area contributed by atoms with Crippen molar-refractivity contribution >= 4 is 5.91 Å². The number of rotatable bonds is 4. The summed E-state index contributed by atoms with van der Waals surface area (Å²) in [6.45, 7) is 4.00. The van der Waals surface area contributed by atoms with Gasteiger partial charge in [-0.25, -0.2) is 4.68 Å². The third-order valence-corrected chi connectivity index (χ3v) is 5.07. The Morgan fingerprint density at radius 2 is 1.93 bits per heavy atom. The Bertz CT molecular complexity index is 1010. The highest BCUT2D eigenvalue weighted by atomic mass is 16.2. The molecule has 0 unspecified atom stereocenters. The largest absolute Gasteiger partial charge is 0.337 e. The first-order valence-corrected chi connectivity index (χ1v) is 9.57. The van der Waals surface area contributed by atoms with Gasteiger partial charge in [0.1, 0.15) is 6.33 Å². The van der Waals surface area contributed by atoms with E-state index in [1.807, 2.05) is 53.4 Å². The third-order valence-electron chi connectivity index (χ3n) is 5.07. The zero-order valence-corrected chi connectivity index (χ0v) is 16.0. The van der Waals surface area contributed by atoms with E-state index in [1.54, 1.807) is 4.68 Å². The molecular formula is C21H21N7O. The van der Waals surface area contributed by atoms with Crippen molar-refractivity contribution < 1.29 is 4.79 Å². The minimum atomic E-state index is 0.0279. The minimum absolute atomic E-state index is 0.0279. The summed E-state index contributed by atoms with van der Waals surface area (Å²) in [4.78, 5) is 17.3. The summed E-state index contributed by atoms with van der Waals surface area (Å²) in [5, 5.41) is 20.1. The number of amides is 1. The zero-order valence-electron chi connectivity index (χ0n) is 16.0. The topological polar surface area (TPSA) is 90.9 Å². The van der Waals surface area contributed by atoms with Crippen LogP contribution in [0.4, 0.5) is 0 Å². The van der Waals surface area contributed by atoms with Crippen LogP contribution in [-0.2, 0) is 6.54 Å². The standard InChI is InChI=1S/C21H21N7O/c22-14-17-5-7-18(8-6-17)15-26-9-2-10-27(12-11-26)21(29)19-3-1-4-20(13-19)28-16-23-24-25-28/h1,3-8,13,16H,2,9-12,15H2. The van der Waals surface area contributed by atoms with Crippen molar-refractivity contribution in [2.45, 2.75) is 13.0 Å². The number of carbonyl (C=O) groups is 1. The first-order valence-electron chi connectivity index (χ1n) is 9.57. The van der Waals surface area contributed by atoms with Crippen molar-refractivity contribution in [3.8, 4) is 11.8 Å². The molecule has 4 rings (SSSR count). The molecule has 0 aliphatic carbocycles. The number of nitriles is 1. The first-order chi connectivity index (χ1) is 14.2. The van der Waals surface area contributed by atoms with Crippen molar-refractivity contribution in [2.24, 2.45) is 0 Å². The Hall–Kier alpha value is -3.57. The zero-order chi connectivity index (χ0) is 20.1. The van der Waals surface area contributed by atoms with E-state index in [0.717, 1.165) is 38.3 Å². The maximum absolute atomic E-state index is 13.0. The van der Waals surface area contributed by atoms with Gasteiger partial charge in [-0.2, -0.15) is 5.26 Å². The molecule has 3 aromatic rings. The van der Waals surface area contributed by atoms with E-state index >= 15 is 0 Å². The van der Waals surface area contributed by atoms with Gasteiger partial charge in [0.25, 0.3) is 5.91 Å². The lowest BCUT2D eigenvalue weighted by molar-refractivity contribution is 0.0761. The number of benzene rings is 2. The normalized spacial score (nSPS) is 14.9. The second-order valence-electron chi connectivity index (χ2n) is 7.04. The van der Waals surface area contributed by atoms with Crippen LogP contribution < -0.4 is 0 Å². The highest BCUT2D eigenvalue weighted by Gasteiger charge is 2.21. The Kier molecular flexibility index (Phi) is 5.59. The maximum atomic E-state index is 13.0. The van der Waals surface area contributed by atoms with Crippen LogP contribution in [0.2, 0.25) is 0 Å². The summed E-state index contributed by atoms with van der Waals surface area (Å²) in [5.74, 6) is 0.0279. The lowest BCUT2D eigenvalue weighted by atomic mass is 10.1. The van der Waals surface area contributed by atoms with Crippen LogP contribution in [0, 0.1) is 11.3 Å². The Balaban J connectivity index is 1.39. The van der Waals surface area contributed by atoms with Gasteiger partial charge in [-0.3, -0.25) is 9.69 Å². The van der Waals surface area contributed by atoms with Gasteiger partial charge in [-0.15, -0.1) is 5.10 Å². The van der Waals surface area contributed by atoms with E-state index in [0.29, 0.717) is 17.7 Å². The van der Waals surface area contributed by atoms with E-state index < -0.39 is 0 Å². The summed E-state index contributed by atoms with van der Waals surface area (Å²) in [6, 6.07) is 17.2. The molecule has 8 heteroatoms. The fourth-order valence-corrected chi connectivity index (χ4v) is 3.52. The van der Waals surface area contributed by atoms with E-state index in [-0.39, 0.29) is 5.91 Å². The van der Waals surface area contributed by atoms with Gasteiger partial charge in [0.2, 0.25) is 0 Å². The van der Waals surface area contributed by atoms with Gasteiger partial charge >= 0.3 is 0 Å². The molecular weight excluding hydrogens is 366 g/mol. The fraction of sp³-hybridized carbons (Fsp3) is 0.286. The Labute approximate surface area is 169 Å². The molecule has 0 radical (unpaired) electrons. The van der Waals surface area contributed by atoms with Crippen LogP contribution in [0.25, 0.3) is 5.69 Å². The molecule has 1 amide bonds. The molecule has 1 saturated heterocycles. The average Bonchev–Trinajstić information content (AvgIpc) is 3.21. The number of carbonyl (C=O) groups excluding carboxylic acids is 1. The van der Waals surface area contributed by atoms with Gasteiger partial charge in [0, 0.05) is 38.3 Å². The molecule has 2 heterocycles. The van der Waals surface area contributed by atoms with Crippen molar-refractivity contribution in [3.63, 3.8) is 0 Å². The molecule has 0 atom stereocenters. The molecule has 29 heavy (non-hydrogen) atoms. The second-order valence-corrected chi connectivity index (χ2v) is 7.04. The number of hydrogen-bond acceptors (Lipinski definition) is 6. The first kappa shape index (κ1) is 18.8. The molecule has 1 aromatic heterocycles. The van der Waals surface area contributed by atoms with Gasteiger partial charge in [0.05, 0.1) is 17.3 Å². The van der Waals surface area contributed by atoms with E-state index in [9.17, 15) is 4.79 Å². The molecule has 0 spiro atoms. The SMILES string of the molecule is N#Cc1ccc(CN2CCCN(C(=O)c3cccc(-n4cnnn4)c3)CC2)cc1. The molecule has 1 aliphatic heterocycles. The Morgan fingerprint density at radius 1 is 1.07 bits per heavy atom. The number of nitrogens with zero attached hydrogens (tertiary/aromatic N) is 7. The Morgan fingerprint density at radius 3 is 2.69 bits per heavy atom. The van der Waals surface area contributed by atoms with Crippen LogP contribution in [0.5, 0.6) is 0 Å². The summed E-state index contributed by atoms with van der Waals surface area (Å²) in [5.41, 5.74) is 3.25. The van der Waals surface area contributed by atoms with E-state index in [4.69, 9.17) is 5.26 Å². The maximum Gasteiger partial charge on any atom is 0.253 e. The van der Waals surface area contributed by atoms with Gasteiger partial charge in [-0.05, 0) is 52.7 Å². The van der Waals surface area contributed by atoms with Crippen LogP contribution in [0.15, 0.2) is 54.9 Å². The van der Waals surface area contributed by atoms with Crippen LogP contribution in [0.1, 0.15) is 27.9 Å².